The van der Waals surface area contributed by atoms with Gasteiger partial charge in [-0.05, 0) is 38.1 Å². The standard InChI is InChI=1S/C32H34N6O12/c1-19(33-25(39)13-14-37-26(40)11-12-27(37)41)29(42)34-20(2)30(43)35-22-5-3-21(4-6-22)28(31(44)36-15-17-48-18-16-36)50-32(45)49-24-9-7-23(8-10-24)38(46)47/h3-12,19-20,28H,13-18H2,1-2H3,(H,33,39)(H,34,42)(H,35,43)/t19-,20-,28?/m0/s1. The van der Waals surface area contributed by atoms with Crippen molar-refractivity contribution in [1.82, 2.24) is 20.4 Å². The van der Waals surface area contributed by atoms with Crippen molar-refractivity contribution >= 4 is 53.0 Å². The minimum atomic E-state index is -1.44. The maximum Gasteiger partial charge on any atom is 0.514 e. The number of hydrogen-bond donors (Lipinski definition) is 3. The van der Waals surface area contributed by atoms with E-state index in [0.717, 1.165) is 29.2 Å². The van der Waals surface area contributed by atoms with E-state index in [4.69, 9.17) is 14.2 Å². The summed E-state index contributed by atoms with van der Waals surface area (Å²) in [5.74, 6) is -3.48. The molecule has 0 spiro atoms. The van der Waals surface area contributed by atoms with E-state index in [1.54, 1.807) is 0 Å². The third-order valence-corrected chi connectivity index (χ3v) is 7.48. The van der Waals surface area contributed by atoms with Crippen molar-refractivity contribution in [2.24, 2.45) is 0 Å². The Balaban J connectivity index is 1.32. The van der Waals surface area contributed by atoms with E-state index in [2.05, 4.69) is 16.0 Å². The Labute approximate surface area is 284 Å². The largest absolute Gasteiger partial charge is 0.514 e. The number of amides is 6. The predicted octanol–water partition coefficient (Wildman–Crippen LogP) is 0.973. The molecule has 0 bridgehead atoms. The molecule has 0 radical (unpaired) electrons. The fourth-order valence-electron chi connectivity index (χ4n) is 4.70. The minimum Gasteiger partial charge on any atom is -0.416 e. The highest BCUT2D eigenvalue weighted by molar-refractivity contribution is 6.13. The average Bonchev–Trinajstić information content (AvgIpc) is 3.42. The van der Waals surface area contributed by atoms with Crippen molar-refractivity contribution in [3.05, 3.63) is 76.4 Å². The SMILES string of the molecule is C[C@H](NC(=O)CCN1C(=O)C=CC1=O)C(=O)N[C@@H](C)C(=O)Nc1ccc(C(OC(=O)Oc2ccc([N+](=O)[O-])cc2)C(=O)N2CCOCC2)cc1. The van der Waals surface area contributed by atoms with Gasteiger partial charge in [0.05, 0.1) is 18.1 Å². The molecule has 18 heteroatoms. The summed E-state index contributed by atoms with van der Waals surface area (Å²) >= 11 is 0. The molecule has 6 amide bonds. The summed E-state index contributed by atoms with van der Waals surface area (Å²) in [5.41, 5.74) is 0.324. The smallest absolute Gasteiger partial charge is 0.416 e. The molecule has 2 aromatic rings. The molecular weight excluding hydrogens is 660 g/mol. The molecule has 1 fully saturated rings. The number of morpholine rings is 1. The fourth-order valence-corrected chi connectivity index (χ4v) is 4.70. The summed E-state index contributed by atoms with van der Waals surface area (Å²) in [6.45, 7) is 3.78. The normalized spacial score (nSPS) is 15.8. The molecule has 4 rings (SSSR count). The van der Waals surface area contributed by atoms with E-state index in [-0.39, 0.29) is 62.0 Å². The molecule has 1 saturated heterocycles. The van der Waals surface area contributed by atoms with E-state index >= 15 is 0 Å². The number of nitro groups is 1. The Morgan fingerprint density at radius 1 is 0.880 bits per heavy atom. The summed E-state index contributed by atoms with van der Waals surface area (Å²) < 4.78 is 15.8. The zero-order valence-corrected chi connectivity index (χ0v) is 27.0. The molecule has 0 aromatic heterocycles. The van der Waals surface area contributed by atoms with Gasteiger partial charge in [0.1, 0.15) is 17.8 Å². The topological polar surface area (TPSA) is 233 Å². The Morgan fingerprint density at radius 3 is 2.08 bits per heavy atom. The molecule has 3 N–H and O–H groups in total. The van der Waals surface area contributed by atoms with Crippen LogP contribution >= 0.6 is 0 Å². The first kappa shape index (κ1) is 36.7. The van der Waals surface area contributed by atoms with Crippen LogP contribution in [0.5, 0.6) is 5.75 Å². The van der Waals surface area contributed by atoms with Gasteiger partial charge < -0.3 is 35.1 Å². The van der Waals surface area contributed by atoms with Crippen LogP contribution in [-0.4, -0.2) is 101 Å². The van der Waals surface area contributed by atoms with Crippen LogP contribution in [0.3, 0.4) is 0 Å². The van der Waals surface area contributed by atoms with Gasteiger partial charge in [-0.15, -0.1) is 0 Å². The van der Waals surface area contributed by atoms with Gasteiger partial charge in [-0.2, -0.15) is 0 Å². The molecule has 2 aliphatic heterocycles. The monoisotopic (exact) mass is 694 g/mol. The summed E-state index contributed by atoms with van der Waals surface area (Å²) in [7, 11) is 0. The quantitative estimate of drug-likeness (QED) is 0.0875. The van der Waals surface area contributed by atoms with E-state index < -0.39 is 64.7 Å². The number of nitrogens with zero attached hydrogens (tertiary/aromatic N) is 3. The average molecular weight is 695 g/mol. The van der Waals surface area contributed by atoms with Crippen LogP contribution in [0.25, 0.3) is 0 Å². The van der Waals surface area contributed by atoms with Gasteiger partial charge in [-0.3, -0.25) is 43.8 Å². The highest BCUT2D eigenvalue weighted by Gasteiger charge is 2.32. The number of carbonyl (C=O) groups excluding carboxylic acids is 7. The van der Waals surface area contributed by atoms with E-state index in [9.17, 15) is 43.7 Å². The van der Waals surface area contributed by atoms with Crippen LogP contribution < -0.4 is 20.7 Å². The fraction of sp³-hybridized carbons (Fsp3) is 0.344. The van der Waals surface area contributed by atoms with Crippen molar-refractivity contribution in [1.29, 1.82) is 0 Å². The molecule has 2 aliphatic rings. The lowest BCUT2D eigenvalue weighted by atomic mass is 10.1. The van der Waals surface area contributed by atoms with Crippen molar-refractivity contribution < 1.29 is 52.7 Å². The van der Waals surface area contributed by atoms with Gasteiger partial charge in [0, 0.05) is 61.6 Å². The van der Waals surface area contributed by atoms with Gasteiger partial charge >= 0.3 is 6.16 Å². The number of carbonyl (C=O) groups is 7. The highest BCUT2D eigenvalue weighted by atomic mass is 16.7. The van der Waals surface area contributed by atoms with E-state index in [0.29, 0.717) is 0 Å². The first-order valence-electron chi connectivity index (χ1n) is 15.4. The maximum absolute atomic E-state index is 13.4. The summed E-state index contributed by atoms with van der Waals surface area (Å²) in [6, 6.07) is 8.45. The van der Waals surface area contributed by atoms with Gasteiger partial charge in [0.15, 0.2) is 0 Å². The molecule has 264 valence electrons. The van der Waals surface area contributed by atoms with Crippen molar-refractivity contribution in [2.75, 3.05) is 38.2 Å². The number of benzene rings is 2. The number of ether oxygens (including phenoxy) is 3. The lowest BCUT2D eigenvalue weighted by molar-refractivity contribution is -0.384. The minimum absolute atomic E-state index is 0.0418. The first-order chi connectivity index (χ1) is 23.8. The predicted molar refractivity (Wildman–Crippen MR) is 171 cm³/mol. The summed E-state index contributed by atoms with van der Waals surface area (Å²) in [4.78, 5) is 99.7. The lowest BCUT2D eigenvalue weighted by Gasteiger charge is -2.30. The highest BCUT2D eigenvalue weighted by Crippen LogP contribution is 2.25. The summed E-state index contributed by atoms with van der Waals surface area (Å²) in [5, 5.41) is 18.5. The zero-order valence-electron chi connectivity index (χ0n) is 27.0. The van der Waals surface area contributed by atoms with Crippen LogP contribution in [0, 0.1) is 10.1 Å². The molecule has 3 atom stereocenters. The molecule has 18 nitrogen and oxygen atoms in total. The van der Waals surface area contributed by atoms with Crippen molar-refractivity contribution in [3.63, 3.8) is 0 Å². The number of rotatable bonds is 13. The number of hydrogen-bond acceptors (Lipinski definition) is 12. The van der Waals surface area contributed by atoms with Crippen LogP contribution in [0.4, 0.5) is 16.2 Å². The molecule has 1 unspecified atom stereocenters. The molecule has 2 aromatic carbocycles. The number of anilines is 1. The van der Waals surface area contributed by atoms with Crippen molar-refractivity contribution in [2.45, 2.75) is 38.5 Å². The lowest BCUT2D eigenvalue weighted by Crippen LogP contribution is -2.50. The third-order valence-electron chi connectivity index (χ3n) is 7.48. The molecule has 50 heavy (non-hydrogen) atoms. The maximum atomic E-state index is 13.4. The number of nitro benzene ring substituents is 1. The van der Waals surface area contributed by atoms with E-state index in [1.165, 1.54) is 55.1 Å². The Morgan fingerprint density at radius 2 is 1.48 bits per heavy atom. The second-order valence-electron chi connectivity index (χ2n) is 11.1. The summed E-state index contributed by atoms with van der Waals surface area (Å²) in [6.07, 6.45) is -0.684. The second kappa shape index (κ2) is 16.8. The third kappa shape index (κ3) is 9.92. The van der Waals surface area contributed by atoms with Crippen molar-refractivity contribution in [3.8, 4) is 5.75 Å². The van der Waals surface area contributed by atoms with Crippen LogP contribution in [0.1, 0.15) is 31.9 Å². The Bertz CT molecular complexity index is 1650. The van der Waals surface area contributed by atoms with Gasteiger partial charge in [-0.1, -0.05) is 12.1 Å². The molecule has 0 aliphatic carbocycles. The van der Waals surface area contributed by atoms with Crippen LogP contribution in [0.15, 0.2) is 60.7 Å². The van der Waals surface area contributed by atoms with Gasteiger partial charge in [0.25, 0.3) is 23.4 Å². The van der Waals surface area contributed by atoms with Crippen LogP contribution in [0.2, 0.25) is 0 Å². The zero-order chi connectivity index (χ0) is 36.4. The number of imide groups is 1. The molecule has 0 saturated carbocycles. The van der Waals surface area contributed by atoms with Crippen LogP contribution in [-0.2, 0) is 38.2 Å². The number of nitrogens with one attached hydrogen (secondary N) is 3. The Hall–Kier alpha value is -6.17. The molecular formula is C32H34N6O12. The van der Waals surface area contributed by atoms with Gasteiger partial charge in [-0.25, -0.2) is 4.79 Å². The second-order valence-corrected chi connectivity index (χ2v) is 11.1. The molecule has 2 heterocycles. The van der Waals surface area contributed by atoms with E-state index in [1.807, 2.05) is 0 Å². The Kier molecular flexibility index (Phi) is 12.3. The van der Waals surface area contributed by atoms with Gasteiger partial charge in [0.2, 0.25) is 23.8 Å². The number of non-ortho nitro benzene ring substituents is 1. The first-order valence-corrected chi connectivity index (χ1v) is 15.4.